The van der Waals surface area contributed by atoms with E-state index in [2.05, 4.69) is 0 Å². The van der Waals surface area contributed by atoms with Crippen molar-refractivity contribution in [2.75, 3.05) is 18.1 Å². The smallest absolute Gasteiger partial charge is 0.316 e. The van der Waals surface area contributed by atoms with Crippen LogP contribution in [0.5, 0.6) is 11.5 Å². The van der Waals surface area contributed by atoms with Crippen molar-refractivity contribution in [2.45, 2.75) is 13.3 Å². The van der Waals surface area contributed by atoms with E-state index < -0.39 is 11.9 Å². The zero-order valence-corrected chi connectivity index (χ0v) is 14.3. The van der Waals surface area contributed by atoms with E-state index in [1.807, 2.05) is 36.4 Å². The van der Waals surface area contributed by atoms with Gasteiger partial charge in [-0.05, 0) is 31.2 Å². The van der Waals surface area contributed by atoms with Crippen LogP contribution >= 0.6 is 0 Å². The van der Waals surface area contributed by atoms with E-state index in [4.69, 9.17) is 14.7 Å². The van der Waals surface area contributed by atoms with Gasteiger partial charge in [0.25, 0.3) is 0 Å². The second kappa shape index (κ2) is 7.70. The van der Waals surface area contributed by atoms with Gasteiger partial charge < -0.3 is 14.4 Å². The van der Waals surface area contributed by atoms with E-state index in [-0.39, 0.29) is 24.6 Å². The van der Waals surface area contributed by atoms with E-state index in [9.17, 15) is 9.59 Å². The van der Waals surface area contributed by atoms with Crippen LogP contribution in [0.15, 0.2) is 48.5 Å². The Kier molecular flexibility index (Phi) is 5.18. The lowest BCUT2D eigenvalue weighted by atomic mass is 10.1. The zero-order chi connectivity index (χ0) is 18.5. The zero-order valence-electron chi connectivity index (χ0n) is 14.3. The fraction of sp³-hybridized carbons (Fsp3) is 0.250. The maximum Gasteiger partial charge on any atom is 0.316 e. The predicted octanol–water partition coefficient (Wildman–Crippen LogP) is 2.92. The molecule has 1 aliphatic rings. The molecule has 1 unspecified atom stereocenters. The molecule has 0 aromatic heterocycles. The summed E-state index contributed by atoms with van der Waals surface area (Å²) in [6, 6.07) is 15.9. The molecule has 0 aliphatic carbocycles. The summed E-state index contributed by atoms with van der Waals surface area (Å²) in [6.07, 6.45) is 0.105. The third-order valence-electron chi connectivity index (χ3n) is 4.11. The van der Waals surface area contributed by atoms with Crippen molar-refractivity contribution in [1.29, 1.82) is 5.26 Å². The first kappa shape index (κ1) is 17.5. The van der Waals surface area contributed by atoms with Gasteiger partial charge in [0.15, 0.2) is 11.5 Å². The number of carbonyl (C=O) groups is 2. The van der Waals surface area contributed by atoms with Crippen LogP contribution in [-0.4, -0.2) is 25.0 Å². The number of para-hydroxylation sites is 1. The third kappa shape index (κ3) is 3.67. The highest BCUT2D eigenvalue weighted by Gasteiger charge is 2.36. The lowest BCUT2D eigenvalue weighted by Gasteiger charge is -2.16. The molecular weight excluding hydrogens is 332 g/mol. The first-order valence-corrected chi connectivity index (χ1v) is 8.36. The van der Waals surface area contributed by atoms with Gasteiger partial charge in [-0.25, -0.2) is 0 Å². The van der Waals surface area contributed by atoms with Crippen LogP contribution < -0.4 is 14.4 Å². The summed E-state index contributed by atoms with van der Waals surface area (Å²) in [5.74, 6) is -0.552. The molecule has 1 saturated heterocycles. The number of amides is 1. The largest absolute Gasteiger partial charge is 0.490 e. The van der Waals surface area contributed by atoms with E-state index in [1.54, 1.807) is 17.9 Å². The highest BCUT2D eigenvalue weighted by Crippen LogP contribution is 2.31. The van der Waals surface area contributed by atoms with E-state index in [1.165, 1.54) is 12.1 Å². The van der Waals surface area contributed by atoms with Crippen LogP contribution in [0, 0.1) is 17.2 Å². The van der Waals surface area contributed by atoms with Crippen molar-refractivity contribution >= 4 is 17.6 Å². The molecule has 1 fully saturated rings. The fourth-order valence-electron chi connectivity index (χ4n) is 2.84. The van der Waals surface area contributed by atoms with E-state index >= 15 is 0 Å². The van der Waals surface area contributed by atoms with Gasteiger partial charge in [0, 0.05) is 24.7 Å². The summed E-state index contributed by atoms with van der Waals surface area (Å²) in [7, 11) is 0. The van der Waals surface area contributed by atoms with Crippen molar-refractivity contribution < 1.29 is 19.1 Å². The number of esters is 1. The lowest BCUT2D eigenvalue weighted by Crippen LogP contribution is -2.27. The molecule has 132 valence electrons. The Morgan fingerprint density at radius 3 is 2.69 bits per heavy atom. The van der Waals surface area contributed by atoms with Crippen LogP contribution in [0.2, 0.25) is 0 Å². The molecule has 0 saturated carbocycles. The molecule has 6 nitrogen and oxygen atoms in total. The number of hydrogen-bond acceptors (Lipinski definition) is 5. The molecule has 26 heavy (non-hydrogen) atoms. The number of rotatable bonds is 5. The van der Waals surface area contributed by atoms with Crippen molar-refractivity contribution in [3.05, 3.63) is 54.1 Å². The van der Waals surface area contributed by atoms with Crippen molar-refractivity contribution in [2.24, 2.45) is 5.92 Å². The molecule has 2 aromatic rings. The van der Waals surface area contributed by atoms with Gasteiger partial charge in [-0.15, -0.1) is 0 Å². The average Bonchev–Trinajstić information content (AvgIpc) is 3.06. The standard InChI is InChI=1S/C20H18N2O4/c1-2-25-18-10-14(12-21)8-9-17(18)26-20(24)15-11-19(23)22(13-15)16-6-4-3-5-7-16/h3-10,15H,2,11,13H2,1H3. The van der Waals surface area contributed by atoms with Crippen molar-refractivity contribution in [3.63, 3.8) is 0 Å². The molecular formula is C20H18N2O4. The minimum Gasteiger partial charge on any atom is -0.490 e. The molecule has 0 spiro atoms. The number of anilines is 1. The SMILES string of the molecule is CCOc1cc(C#N)ccc1OC(=O)C1CC(=O)N(c2ccccc2)C1. The first-order chi connectivity index (χ1) is 12.6. The molecule has 1 atom stereocenters. The Morgan fingerprint density at radius 1 is 1.23 bits per heavy atom. The summed E-state index contributed by atoms with van der Waals surface area (Å²) in [5.41, 5.74) is 1.18. The number of hydrogen-bond donors (Lipinski definition) is 0. The Hall–Kier alpha value is -3.33. The number of nitriles is 1. The molecule has 1 aliphatic heterocycles. The van der Waals surface area contributed by atoms with Gasteiger partial charge in [-0.2, -0.15) is 5.26 Å². The van der Waals surface area contributed by atoms with Crippen LogP contribution in [-0.2, 0) is 9.59 Å². The van der Waals surface area contributed by atoms with Gasteiger partial charge in [0.1, 0.15) is 0 Å². The minimum absolute atomic E-state index is 0.105. The molecule has 1 amide bonds. The molecule has 0 radical (unpaired) electrons. The average molecular weight is 350 g/mol. The fourth-order valence-corrected chi connectivity index (χ4v) is 2.84. The second-order valence-electron chi connectivity index (χ2n) is 5.87. The maximum absolute atomic E-state index is 12.5. The molecule has 6 heteroatoms. The van der Waals surface area contributed by atoms with Crippen LogP contribution in [0.4, 0.5) is 5.69 Å². The summed E-state index contributed by atoms with van der Waals surface area (Å²) in [6.45, 7) is 2.46. The van der Waals surface area contributed by atoms with Gasteiger partial charge in [-0.1, -0.05) is 18.2 Å². The monoisotopic (exact) mass is 350 g/mol. The molecule has 1 heterocycles. The van der Waals surface area contributed by atoms with Gasteiger partial charge in [-0.3, -0.25) is 9.59 Å². The van der Waals surface area contributed by atoms with Crippen LogP contribution in [0.25, 0.3) is 0 Å². The number of ether oxygens (including phenoxy) is 2. The van der Waals surface area contributed by atoms with E-state index in [0.29, 0.717) is 17.9 Å². The van der Waals surface area contributed by atoms with Gasteiger partial charge in [0.2, 0.25) is 5.91 Å². The molecule has 3 rings (SSSR count). The van der Waals surface area contributed by atoms with E-state index in [0.717, 1.165) is 5.69 Å². The molecule has 0 bridgehead atoms. The minimum atomic E-state index is -0.548. The number of benzene rings is 2. The van der Waals surface area contributed by atoms with Gasteiger partial charge >= 0.3 is 5.97 Å². The van der Waals surface area contributed by atoms with Crippen molar-refractivity contribution in [1.82, 2.24) is 0 Å². The Balaban J connectivity index is 1.73. The lowest BCUT2D eigenvalue weighted by molar-refractivity contribution is -0.139. The van der Waals surface area contributed by atoms with Gasteiger partial charge in [0.05, 0.1) is 24.2 Å². The Bertz CT molecular complexity index is 858. The first-order valence-electron chi connectivity index (χ1n) is 8.36. The summed E-state index contributed by atoms with van der Waals surface area (Å²) >= 11 is 0. The highest BCUT2D eigenvalue weighted by molar-refractivity contribution is 5.99. The van der Waals surface area contributed by atoms with Crippen LogP contribution in [0.1, 0.15) is 18.9 Å². The normalized spacial score (nSPS) is 16.2. The Morgan fingerprint density at radius 2 is 2.00 bits per heavy atom. The summed E-state index contributed by atoms with van der Waals surface area (Å²) < 4.78 is 10.9. The third-order valence-corrected chi connectivity index (χ3v) is 4.11. The summed E-state index contributed by atoms with van der Waals surface area (Å²) in [4.78, 5) is 26.4. The predicted molar refractivity (Wildman–Crippen MR) is 94.9 cm³/mol. The molecule has 0 N–H and O–H groups in total. The highest BCUT2D eigenvalue weighted by atomic mass is 16.6. The van der Waals surface area contributed by atoms with Crippen molar-refractivity contribution in [3.8, 4) is 17.6 Å². The second-order valence-corrected chi connectivity index (χ2v) is 5.87. The Labute approximate surface area is 151 Å². The quantitative estimate of drug-likeness (QED) is 0.612. The topological polar surface area (TPSA) is 79.6 Å². The van der Waals surface area contributed by atoms with Crippen LogP contribution in [0.3, 0.4) is 0 Å². The maximum atomic E-state index is 12.5. The summed E-state index contributed by atoms with van der Waals surface area (Å²) in [5, 5.41) is 8.99. The number of carbonyl (C=O) groups excluding carboxylic acids is 2. The molecule has 2 aromatic carbocycles. The number of nitrogens with zero attached hydrogens (tertiary/aromatic N) is 2.